The predicted molar refractivity (Wildman–Crippen MR) is 72.9 cm³/mol. The van der Waals surface area contributed by atoms with Crippen LogP contribution in [-0.2, 0) is 13.1 Å². The molecule has 1 aromatic carbocycles. The van der Waals surface area contributed by atoms with Crippen LogP contribution in [0.3, 0.4) is 0 Å². The van der Waals surface area contributed by atoms with Crippen LogP contribution in [0, 0.1) is 12.8 Å². The van der Waals surface area contributed by atoms with E-state index in [4.69, 9.17) is 5.73 Å². The number of aryl methyl sites for hydroxylation is 1. The number of hydrogen-bond donors (Lipinski definition) is 1. The highest BCUT2D eigenvalue weighted by molar-refractivity contribution is 5.62. The number of hydrogen-bond acceptors (Lipinski definition) is 3. The molecule has 4 nitrogen and oxygen atoms in total. The minimum Gasteiger partial charge on any atom is -0.325 e. The lowest BCUT2D eigenvalue weighted by atomic mass is 10.1. The van der Waals surface area contributed by atoms with Crippen LogP contribution in [-0.4, -0.2) is 15.0 Å². The van der Waals surface area contributed by atoms with Crippen LogP contribution in [0.4, 0.5) is 0 Å². The van der Waals surface area contributed by atoms with Crippen LogP contribution in [0.2, 0.25) is 0 Å². The molecule has 0 radical (unpaired) electrons. The molecule has 0 aliphatic rings. The summed E-state index contributed by atoms with van der Waals surface area (Å²) >= 11 is 0. The smallest absolute Gasteiger partial charge is 0.104 e. The lowest BCUT2D eigenvalue weighted by molar-refractivity contribution is 0.475. The largest absolute Gasteiger partial charge is 0.325 e. The van der Waals surface area contributed by atoms with Crippen molar-refractivity contribution in [3.8, 4) is 11.3 Å². The number of aromatic nitrogens is 3. The van der Waals surface area contributed by atoms with Gasteiger partial charge in [0.05, 0.1) is 5.69 Å². The van der Waals surface area contributed by atoms with Gasteiger partial charge in [0.1, 0.15) is 5.69 Å². The highest BCUT2D eigenvalue weighted by Crippen LogP contribution is 2.23. The van der Waals surface area contributed by atoms with Gasteiger partial charge in [0, 0.05) is 18.7 Å². The third-order valence-electron chi connectivity index (χ3n) is 2.83. The van der Waals surface area contributed by atoms with E-state index in [1.807, 2.05) is 4.68 Å². The van der Waals surface area contributed by atoms with E-state index >= 15 is 0 Å². The Hall–Kier alpha value is -1.68. The molecule has 0 aliphatic carbocycles. The van der Waals surface area contributed by atoms with Crippen molar-refractivity contribution in [2.45, 2.75) is 33.9 Å². The molecular formula is C14H20N4. The van der Waals surface area contributed by atoms with Gasteiger partial charge in [-0.3, -0.25) is 0 Å². The summed E-state index contributed by atoms with van der Waals surface area (Å²) in [6.07, 6.45) is 0. The van der Waals surface area contributed by atoms with Crippen molar-refractivity contribution in [1.82, 2.24) is 15.0 Å². The standard InChI is InChI=1S/C14H20N4/c1-10(2)9-18-14(13(8-15)16-17-18)12-6-4-5-11(3)7-12/h4-7,10H,8-9,15H2,1-3H3. The molecule has 0 saturated carbocycles. The molecule has 2 rings (SSSR count). The molecular weight excluding hydrogens is 224 g/mol. The molecule has 18 heavy (non-hydrogen) atoms. The quantitative estimate of drug-likeness (QED) is 0.898. The van der Waals surface area contributed by atoms with Crippen LogP contribution in [0.25, 0.3) is 11.3 Å². The Morgan fingerprint density at radius 2 is 2.11 bits per heavy atom. The number of rotatable bonds is 4. The average molecular weight is 244 g/mol. The van der Waals surface area contributed by atoms with Crippen molar-refractivity contribution >= 4 is 0 Å². The monoisotopic (exact) mass is 244 g/mol. The van der Waals surface area contributed by atoms with Gasteiger partial charge in [-0.15, -0.1) is 5.10 Å². The molecule has 0 fully saturated rings. The first-order valence-electron chi connectivity index (χ1n) is 6.31. The first-order valence-corrected chi connectivity index (χ1v) is 6.31. The van der Waals surface area contributed by atoms with Crippen molar-refractivity contribution in [2.24, 2.45) is 11.7 Å². The maximum absolute atomic E-state index is 5.75. The number of nitrogens with two attached hydrogens (primary N) is 1. The zero-order valence-electron chi connectivity index (χ0n) is 11.2. The van der Waals surface area contributed by atoms with Crippen molar-refractivity contribution in [3.63, 3.8) is 0 Å². The van der Waals surface area contributed by atoms with Crippen molar-refractivity contribution in [3.05, 3.63) is 35.5 Å². The lowest BCUT2D eigenvalue weighted by Gasteiger charge is -2.10. The van der Waals surface area contributed by atoms with Crippen LogP contribution in [0.15, 0.2) is 24.3 Å². The van der Waals surface area contributed by atoms with Gasteiger partial charge >= 0.3 is 0 Å². The van der Waals surface area contributed by atoms with Gasteiger partial charge in [-0.25, -0.2) is 4.68 Å². The van der Waals surface area contributed by atoms with Gasteiger partial charge in [-0.05, 0) is 18.9 Å². The summed E-state index contributed by atoms with van der Waals surface area (Å²) in [5.41, 5.74) is 10.0. The van der Waals surface area contributed by atoms with E-state index in [1.54, 1.807) is 0 Å². The summed E-state index contributed by atoms with van der Waals surface area (Å²) in [5, 5.41) is 8.40. The fourth-order valence-corrected chi connectivity index (χ4v) is 2.07. The summed E-state index contributed by atoms with van der Waals surface area (Å²) in [6.45, 7) is 7.70. The van der Waals surface area contributed by atoms with Crippen LogP contribution >= 0.6 is 0 Å². The topological polar surface area (TPSA) is 56.7 Å². The second kappa shape index (κ2) is 5.31. The zero-order valence-corrected chi connectivity index (χ0v) is 11.2. The minimum absolute atomic E-state index is 0.418. The molecule has 2 N–H and O–H groups in total. The lowest BCUT2D eigenvalue weighted by Crippen LogP contribution is -2.09. The van der Waals surface area contributed by atoms with E-state index in [0.717, 1.165) is 23.5 Å². The van der Waals surface area contributed by atoms with E-state index in [-0.39, 0.29) is 0 Å². The highest BCUT2D eigenvalue weighted by atomic mass is 15.4. The van der Waals surface area contributed by atoms with Gasteiger partial charge in [0.2, 0.25) is 0 Å². The minimum atomic E-state index is 0.418. The summed E-state index contributed by atoms with van der Waals surface area (Å²) in [7, 11) is 0. The molecule has 2 aromatic rings. The van der Waals surface area contributed by atoms with Crippen molar-refractivity contribution < 1.29 is 0 Å². The third-order valence-corrected chi connectivity index (χ3v) is 2.83. The average Bonchev–Trinajstić information content (AvgIpc) is 2.71. The van der Waals surface area contributed by atoms with E-state index in [9.17, 15) is 0 Å². The Morgan fingerprint density at radius 1 is 1.33 bits per heavy atom. The first kappa shape index (κ1) is 12.8. The molecule has 4 heteroatoms. The predicted octanol–water partition coefficient (Wildman–Crippen LogP) is 2.37. The SMILES string of the molecule is Cc1cccc(-c2c(CN)nnn2CC(C)C)c1. The fourth-order valence-electron chi connectivity index (χ4n) is 2.07. The Kier molecular flexibility index (Phi) is 3.77. The normalized spacial score (nSPS) is 11.2. The van der Waals surface area contributed by atoms with E-state index in [1.165, 1.54) is 5.56 Å². The Morgan fingerprint density at radius 3 is 2.72 bits per heavy atom. The summed E-state index contributed by atoms with van der Waals surface area (Å²) in [4.78, 5) is 0. The number of nitrogens with zero attached hydrogens (tertiary/aromatic N) is 3. The Labute approximate surface area is 108 Å². The molecule has 0 saturated heterocycles. The van der Waals surface area contributed by atoms with Crippen LogP contribution < -0.4 is 5.73 Å². The molecule has 0 spiro atoms. The van der Waals surface area contributed by atoms with Crippen LogP contribution in [0.1, 0.15) is 25.1 Å². The second-order valence-electron chi connectivity index (χ2n) is 5.03. The molecule has 0 aliphatic heterocycles. The van der Waals surface area contributed by atoms with E-state index < -0.39 is 0 Å². The molecule has 0 unspecified atom stereocenters. The number of benzene rings is 1. The van der Waals surface area contributed by atoms with Crippen LogP contribution in [0.5, 0.6) is 0 Å². The van der Waals surface area contributed by atoms with E-state index in [2.05, 4.69) is 55.3 Å². The summed E-state index contributed by atoms with van der Waals surface area (Å²) in [5.74, 6) is 0.529. The van der Waals surface area contributed by atoms with Gasteiger partial charge in [-0.1, -0.05) is 42.8 Å². The molecule has 1 heterocycles. The zero-order chi connectivity index (χ0) is 13.1. The summed E-state index contributed by atoms with van der Waals surface area (Å²) in [6, 6.07) is 8.37. The second-order valence-corrected chi connectivity index (χ2v) is 5.03. The van der Waals surface area contributed by atoms with Gasteiger partial charge in [-0.2, -0.15) is 0 Å². The van der Waals surface area contributed by atoms with Gasteiger partial charge in [0.25, 0.3) is 0 Å². The first-order chi connectivity index (χ1) is 8.61. The Bertz CT molecular complexity index is 528. The van der Waals surface area contributed by atoms with Crippen molar-refractivity contribution in [1.29, 1.82) is 0 Å². The molecule has 0 amide bonds. The highest BCUT2D eigenvalue weighted by Gasteiger charge is 2.14. The van der Waals surface area contributed by atoms with E-state index in [0.29, 0.717) is 12.5 Å². The fraction of sp³-hybridized carbons (Fsp3) is 0.429. The van der Waals surface area contributed by atoms with Crippen molar-refractivity contribution in [2.75, 3.05) is 0 Å². The third kappa shape index (κ3) is 2.59. The molecule has 0 bridgehead atoms. The molecule has 0 atom stereocenters. The van der Waals surface area contributed by atoms with Gasteiger partial charge in [0.15, 0.2) is 0 Å². The maximum Gasteiger partial charge on any atom is 0.104 e. The maximum atomic E-state index is 5.75. The van der Waals surface area contributed by atoms with Gasteiger partial charge < -0.3 is 5.73 Å². The molecule has 1 aromatic heterocycles. The summed E-state index contributed by atoms with van der Waals surface area (Å²) < 4.78 is 1.96. The molecule has 96 valence electrons. The Balaban J connectivity index is 2.50.